The summed E-state index contributed by atoms with van der Waals surface area (Å²) in [4.78, 5) is 11.6. The third kappa shape index (κ3) is 4.26. The van der Waals surface area contributed by atoms with E-state index in [1.165, 1.54) is 6.07 Å². The van der Waals surface area contributed by atoms with Crippen molar-refractivity contribution in [3.05, 3.63) is 104 Å². The molecule has 0 N–H and O–H groups in total. The van der Waals surface area contributed by atoms with E-state index in [1.54, 1.807) is 29.5 Å². The number of allylic oxidation sites excluding steroid dienone is 2. The predicted molar refractivity (Wildman–Crippen MR) is 164 cm³/mol. The minimum absolute atomic E-state index is 0.138. The number of fused-ring (bicyclic) bond motifs is 6. The molecule has 3 aromatic heterocycles. The third-order valence-electron chi connectivity index (χ3n) is 7.60. The topological polar surface area (TPSA) is 121 Å². The summed E-state index contributed by atoms with van der Waals surface area (Å²) in [6, 6.07) is 24.9. The van der Waals surface area contributed by atoms with Gasteiger partial charge in [0.1, 0.15) is 51.7 Å². The van der Waals surface area contributed by atoms with Crippen LogP contribution in [0.1, 0.15) is 32.3 Å². The van der Waals surface area contributed by atoms with Crippen LogP contribution < -0.4 is 0 Å². The molecule has 45 heavy (non-hydrogen) atoms. The Kier molecular flexibility index (Phi) is 6.28. The summed E-state index contributed by atoms with van der Waals surface area (Å²) in [5.74, 6) is 0. The number of aromatic nitrogens is 2. The Hall–Kier alpha value is -5.85. The van der Waals surface area contributed by atoms with Crippen LogP contribution in [0.25, 0.3) is 54.5 Å². The van der Waals surface area contributed by atoms with Gasteiger partial charge in [0.05, 0.1) is 11.4 Å². The van der Waals surface area contributed by atoms with E-state index >= 15 is 0 Å². The lowest BCUT2D eigenvalue weighted by Crippen LogP contribution is -2.00. The minimum atomic E-state index is -4.49. The average Bonchev–Trinajstić information content (AvgIpc) is 3.82. The number of aryl methyl sites for hydroxylation is 1. The highest BCUT2D eigenvalue weighted by Gasteiger charge is 2.37. The van der Waals surface area contributed by atoms with Crippen LogP contribution in [-0.4, -0.2) is 9.97 Å². The molecular formula is C34H13F3N6S2. The van der Waals surface area contributed by atoms with Gasteiger partial charge in [-0.05, 0) is 65.6 Å². The van der Waals surface area contributed by atoms with Gasteiger partial charge in [0.15, 0.2) is 0 Å². The van der Waals surface area contributed by atoms with E-state index in [4.69, 9.17) is 9.97 Å². The average molecular weight is 627 g/mol. The van der Waals surface area contributed by atoms with Crippen LogP contribution in [0, 0.1) is 52.2 Å². The fourth-order valence-electron chi connectivity index (χ4n) is 5.65. The minimum Gasteiger partial charge on any atom is -0.243 e. The van der Waals surface area contributed by atoms with Crippen molar-refractivity contribution in [2.45, 2.75) is 13.1 Å². The maximum Gasteiger partial charge on any atom is 0.425 e. The molecule has 0 saturated heterocycles. The first-order chi connectivity index (χ1) is 21.7. The highest BCUT2D eigenvalue weighted by atomic mass is 32.1. The lowest BCUT2D eigenvalue weighted by molar-refractivity contribution is -0.134. The van der Waals surface area contributed by atoms with Crippen molar-refractivity contribution >= 4 is 33.8 Å². The van der Waals surface area contributed by atoms with E-state index in [1.807, 2.05) is 61.5 Å². The molecular weight excluding hydrogens is 614 g/mol. The van der Waals surface area contributed by atoms with Crippen molar-refractivity contribution in [1.82, 2.24) is 9.97 Å². The molecule has 3 heterocycles. The molecule has 0 atom stereocenters. The van der Waals surface area contributed by atoms with Gasteiger partial charge in [0.25, 0.3) is 0 Å². The van der Waals surface area contributed by atoms with Crippen molar-refractivity contribution in [1.29, 1.82) is 21.0 Å². The molecule has 7 rings (SSSR count). The first kappa shape index (κ1) is 28.0. The van der Waals surface area contributed by atoms with Crippen LogP contribution in [0.5, 0.6) is 0 Å². The van der Waals surface area contributed by atoms with E-state index in [0.29, 0.717) is 66.7 Å². The molecule has 2 aromatic carbocycles. The summed E-state index contributed by atoms with van der Waals surface area (Å²) in [5, 5.41) is 39.7. The van der Waals surface area contributed by atoms with Crippen LogP contribution in [0.15, 0.2) is 71.8 Å². The molecule has 0 radical (unpaired) electrons. The summed E-state index contributed by atoms with van der Waals surface area (Å²) in [7, 11) is 0. The van der Waals surface area contributed by atoms with Crippen molar-refractivity contribution in [3.63, 3.8) is 0 Å². The Morgan fingerprint density at radius 2 is 1.07 bits per heavy atom. The maximum atomic E-state index is 13.3. The van der Waals surface area contributed by atoms with Crippen molar-refractivity contribution < 1.29 is 13.2 Å². The third-order valence-corrected chi connectivity index (χ3v) is 9.83. The number of nitrogens with zero attached hydrogens (tertiary/aromatic N) is 6. The number of halogens is 3. The zero-order valence-electron chi connectivity index (χ0n) is 22.9. The molecule has 0 amide bonds. The second-order valence-electron chi connectivity index (χ2n) is 10.2. The van der Waals surface area contributed by atoms with E-state index in [0.717, 1.165) is 21.4 Å². The number of hydrogen-bond acceptors (Lipinski definition) is 8. The lowest BCUT2D eigenvalue weighted by atomic mass is 9.98. The summed E-state index contributed by atoms with van der Waals surface area (Å²) in [5.41, 5.74) is 5.10. The molecule has 0 fully saturated rings. The van der Waals surface area contributed by atoms with Crippen LogP contribution in [0.4, 0.5) is 13.2 Å². The number of nitriles is 4. The Balaban J connectivity index is 1.46. The van der Waals surface area contributed by atoms with Crippen LogP contribution in [-0.2, 0) is 6.18 Å². The highest BCUT2D eigenvalue weighted by Crippen LogP contribution is 2.51. The summed E-state index contributed by atoms with van der Waals surface area (Å²) >= 11 is 2.21. The van der Waals surface area contributed by atoms with Crippen molar-refractivity contribution in [2.24, 2.45) is 0 Å². The largest absolute Gasteiger partial charge is 0.425 e. The van der Waals surface area contributed by atoms with Crippen LogP contribution >= 0.6 is 22.7 Å². The molecule has 2 aliphatic rings. The Labute approximate surface area is 262 Å². The van der Waals surface area contributed by atoms with Gasteiger partial charge in [-0.15, -0.1) is 22.7 Å². The normalized spacial score (nSPS) is 12.3. The van der Waals surface area contributed by atoms with Gasteiger partial charge in [0, 0.05) is 36.9 Å². The van der Waals surface area contributed by atoms with E-state index in [-0.39, 0.29) is 22.4 Å². The molecule has 2 aliphatic carbocycles. The molecule has 11 heteroatoms. The zero-order valence-corrected chi connectivity index (χ0v) is 24.5. The standard InChI is InChI=1S/C34H13F3N6S2/c1-16-2-7-25(44-16)17-3-5-21-23(10-17)28(19(12-38)13-39)32-30(21)42-33-29(20(14-40)15-41)24-11-18(4-6-22(24)31(33)43-32)26-8-9-27(45-26)34(35,36)37/h2-11H,1H3. The Bertz CT molecular complexity index is 2350. The smallest absolute Gasteiger partial charge is 0.243 e. The number of alkyl halides is 3. The summed E-state index contributed by atoms with van der Waals surface area (Å²) in [6.07, 6.45) is -4.49. The SMILES string of the molecule is Cc1ccc(-c2ccc3c(c2)C(=C(C#N)C#N)c2nc4c(nc2-3)C(=C(C#N)C#N)c2cc(-c3ccc(C(F)(F)F)s3)ccc2-4)s1. The van der Waals surface area contributed by atoms with Gasteiger partial charge >= 0.3 is 6.18 Å². The highest BCUT2D eigenvalue weighted by molar-refractivity contribution is 7.15. The fraction of sp³-hybridized carbons (Fsp3) is 0.0588. The van der Waals surface area contributed by atoms with E-state index < -0.39 is 11.1 Å². The maximum absolute atomic E-state index is 13.3. The second-order valence-corrected chi connectivity index (χ2v) is 12.5. The first-order valence-corrected chi connectivity index (χ1v) is 14.9. The Morgan fingerprint density at radius 3 is 1.47 bits per heavy atom. The molecule has 0 spiro atoms. The van der Waals surface area contributed by atoms with Gasteiger partial charge in [-0.3, -0.25) is 0 Å². The monoisotopic (exact) mass is 626 g/mol. The van der Waals surface area contributed by atoms with Gasteiger partial charge in [-0.1, -0.05) is 24.3 Å². The zero-order chi connectivity index (χ0) is 31.6. The summed E-state index contributed by atoms with van der Waals surface area (Å²) in [6.45, 7) is 2.00. The van der Waals surface area contributed by atoms with E-state index in [9.17, 15) is 34.2 Å². The number of hydrogen-bond donors (Lipinski definition) is 0. The van der Waals surface area contributed by atoms with Crippen LogP contribution in [0.2, 0.25) is 0 Å². The number of thiophene rings is 2. The molecule has 212 valence electrons. The van der Waals surface area contributed by atoms with Gasteiger partial charge in [-0.2, -0.15) is 34.2 Å². The van der Waals surface area contributed by atoms with E-state index in [2.05, 4.69) is 0 Å². The van der Waals surface area contributed by atoms with Gasteiger partial charge < -0.3 is 0 Å². The molecule has 0 unspecified atom stereocenters. The fourth-order valence-corrected chi connectivity index (χ4v) is 7.38. The molecule has 0 bridgehead atoms. The molecule has 0 aliphatic heterocycles. The lowest BCUT2D eigenvalue weighted by Gasteiger charge is -2.06. The Morgan fingerprint density at radius 1 is 0.600 bits per heavy atom. The predicted octanol–water partition coefficient (Wildman–Crippen LogP) is 8.92. The molecule has 5 aromatic rings. The molecule has 6 nitrogen and oxygen atoms in total. The second kappa shape index (κ2) is 10.1. The molecule has 0 saturated carbocycles. The van der Waals surface area contributed by atoms with Crippen LogP contribution in [0.3, 0.4) is 0 Å². The quantitative estimate of drug-likeness (QED) is 0.177. The van der Waals surface area contributed by atoms with Crippen molar-refractivity contribution in [3.8, 4) is 67.7 Å². The number of benzene rings is 2. The van der Waals surface area contributed by atoms with Gasteiger partial charge in [0.2, 0.25) is 0 Å². The van der Waals surface area contributed by atoms with Crippen molar-refractivity contribution in [2.75, 3.05) is 0 Å². The first-order valence-electron chi connectivity index (χ1n) is 13.2. The summed E-state index contributed by atoms with van der Waals surface area (Å²) < 4.78 is 39.9. The van der Waals surface area contributed by atoms with Gasteiger partial charge in [-0.25, -0.2) is 9.97 Å². The number of rotatable bonds is 2.